The zero-order valence-electron chi connectivity index (χ0n) is 17.4. The van der Waals surface area contributed by atoms with E-state index in [0.29, 0.717) is 17.9 Å². The number of nitrogens with zero attached hydrogens (tertiary/aromatic N) is 1. The third kappa shape index (κ3) is 4.33. The van der Waals surface area contributed by atoms with Crippen LogP contribution >= 0.6 is 0 Å². The van der Waals surface area contributed by atoms with Gasteiger partial charge in [-0.2, -0.15) is 0 Å². The molecule has 2 aromatic carbocycles. The second-order valence-corrected chi connectivity index (χ2v) is 7.91. The van der Waals surface area contributed by atoms with Crippen LogP contribution in [0, 0.1) is 0 Å². The van der Waals surface area contributed by atoms with E-state index < -0.39 is 12.1 Å². The van der Waals surface area contributed by atoms with Gasteiger partial charge in [-0.25, -0.2) is 4.79 Å². The Balaban J connectivity index is 1.34. The monoisotopic (exact) mass is 409 g/mol. The van der Waals surface area contributed by atoms with Crippen molar-refractivity contribution < 1.29 is 23.8 Å². The molecule has 6 nitrogen and oxygen atoms in total. The summed E-state index contributed by atoms with van der Waals surface area (Å²) in [4.78, 5) is 27.2. The Morgan fingerprint density at radius 3 is 2.67 bits per heavy atom. The van der Waals surface area contributed by atoms with Crippen LogP contribution in [0.15, 0.2) is 48.5 Å². The highest BCUT2D eigenvalue weighted by Crippen LogP contribution is 2.32. The van der Waals surface area contributed by atoms with E-state index in [9.17, 15) is 9.59 Å². The fourth-order valence-electron chi connectivity index (χ4n) is 4.03. The van der Waals surface area contributed by atoms with Crippen LogP contribution in [0.5, 0.6) is 5.75 Å². The molecule has 0 aromatic heterocycles. The van der Waals surface area contributed by atoms with Gasteiger partial charge in [0.05, 0.1) is 11.7 Å². The summed E-state index contributed by atoms with van der Waals surface area (Å²) in [5, 5.41) is 0. The Morgan fingerprint density at radius 1 is 1.17 bits per heavy atom. The predicted octanol–water partition coefficient (Wildman–Crippen LogP) is 3.77. The van der Waals surface area contributed by atoms with Crippen molar-refractivity contribution in [3.8, 4) is 5.75 Å². The van der Waals surface area contributed by atoms with Crippen molar-refractivity contribution in [1.29, 1.82) is 0 Å². The van der Waals surface area contributed by atoms with E-state index >= 15 is 0 Å². The van der Waals surface area contributed by atoms with Crippen LogP contribution in [0.3, 0.4) is 0 Å². The van der Waals surface area contributed by atoms with Gasteiger partial charge in [0.15, 0.2) is 6.10 Å². The second kappa shape index (κ2) is 8.88. The third-order valence-electron chi connectivity index (χ3n) is 5.63. The Kier molecular flexibility index (Phi) is 6.04. The average molecular weight is 409 g/mol. The van der Waals surface area contributed by atoms with E-state index in [1.165, 1.54) is 0 Å². The first-order valence-corrected chi connectivity index (χ1v) is 10.5. The number of fused-ring (bicyclic) bond motifs is 1. The first kappa shape index (κ1) is 20.4. The van der Waals surface area contributed by atoms with Gasteiger partial charge in [-0.05, 0) is 69.0 Å². The zero-order chi connectivity index (χ0) is 21.1. The molecule has 0 spiro atoms. The fraction of sp³-hybridized carbons (Fsp3) is 0.417. The van der Waals surface area contributed by atoms with Gasteiger partial charge in [0.1, 0.15) is 12.4 Å². The van der Waals surface area contributed by atoms with Crippen LogP contribution in [0.2, 0.25) is 0 Å². The smallest absolute Gasteiger partial charge is 0.338 e. The summed E-state index contributed by atoms with van der Waals surface area (Å²) in [5.41, 5.74) is 2.41. The minimum atomic E-state index is -0.874. The fourth-order valence-corrected chi connectivity index (χ4v) is 4.03. The molecule has 2 aliphatic heterocycles. The highest BCUT2D eigenvalue weighted by molar-refractivity contribution is 6.00. The summed E-state index contributed by atoms with van der Waals surface area (Å²) in [6, 6.07) is 14.6. The molecule has 3 atom stereocenters. The van der Waals surface area contributed by atoms with Gasteiger partial charge >= 0.3 is 5.97 Å². The van der Waals surface area contributed by atoms with Crippen molar-refractivity contribution in [3.63, 3.8) is 0 Å². The summed E-state index contributed by atoms with van der Waals surface area (Å²) >= 11 is 0. The number of ether oxygens (including phenoxy) is 3. The molecule has 0 N–H and O–H groups in total. The molecule has 1 fully saturated rings. The maximum Gasteiger partial charge on any atom is 0.338 e. The van der Waals surface area contributed by atoms with Gasteiger partial charge in [0.2, 0.25) is 0 Å². The van der Waals surface area contributed by atoms with E-state index in [2.05, 4.69) is 0 Å². The molecule has 0 saturated carbocycles. The number of rotatable bonds is 6. The maximum atomic E-state index is 13.0. The molecule has 1 saturated heterocycles. The molecule has 4 rings (SSSR count). The number of benzene rings is 2. The number of esters is 1. The van der Waals surface area contributed by atoms with Gasteiger partial charge in [0, 0.05) is 18.3 Å². The Hall–Kier alpha value is -2.86. The third-order valence-corrected chi connectivity index (χ3v) is 5.63. The van der Waals surface area contributed by atoms with Crippen LogP contribution in [-0.2, 0) is 20.7 Å². The topological polar surface area (TPSA) is 65.1 Å². The molecule has 0 bridgehead atoms. The number of carbonyl (C=O) groups is 2. The summed E-state index contributed by atoms with van der Waals surface area (Å²) in [6.07, 6.45) is 2.14. The quantitative estimate of drug-likeness (QED) is 0.680. The first-order chi connectivity index (χ1) is 14.5. The lowest BCUT2D eigenvalue weighted by molar-refractivity contribution is -0.126. The predicted molar refractivity (Wildman–Crippen MR) is 113 cm³/mol. The number of anilines is 1. The summed E-state index contributed by atoms with van der Waals surface area (Å²) in [5.74, 6) is -0.0624. The zero-order valence-corrected chi connectivity index (χ0v) is 17.4. The molecule has 0 radical (unpaired) electrons. The summed E-state index contributed by atoms with van der Waals surface area (Å²) in [7, 11) is 0. The van der Waals surface area contributed by atoms with Gasteiger partial charge in [0.25, 0.3) is 5.91 Å². The molecule has 1 amide bonds. The van der Waals surface area contributed by atoms with Crippen molar-refractivity contribution in [2.45, 2.75) is 51.4 Å². The van der Waals surface area contributed by atoms with E-state index in [0.717, 1.165) is 37.1 Å². The van der Waals surface area contributed by atoms with Gasteiger partial charge < -0.3 is 19.1 Å². The highest BCUT2D eigenvalue weighted by atomic mass is 16.5. The molecule has 2 aliphatic rings. The molecular formula is C24H27NO5. The van der Waals surface area contributed by atoms with Crippen LogP contribution in [0.1, 0.15) is 42.6 Å². The molecule has 2 aromatic rings. The van der Waals surface area contributed by atoms with Crippen molar-refractivity contribution >= 4 is 17.6 Å². The van der Waals surface area contributed by atoms with Crippen molar-refractivity contribution in [2.75, 3.05) is 18.1 Å². The minimum absolute atomic E-state index is 0.0383. The van der Waals surface area contributed by atoms with Gasteiger partial charge in [-0.1, -0.05) is 18.2 Å². The summed E-state index contributed by atoms with van der Waals surface area (Å²) < 4.78 is 16.7. The molecular weight excluding hydrogens is 382 g/mol. The number of carbonyl (C=O) groups excluding carboxylic acids is 2. The van der Waals surface area contributed by atoms with Gasteiger partial charge in [-0.3, -0.25) is 4.79 Å². The largest absolute Gasteiger partial charge is 0.491 e. The number of para-hydroxylation sites is 1. The standard InChI is InChI=1S/C24H27NO5/c1-16-14-19-6-3-4-8-22(19)25(16)23(26)17(2)30-24(27)18-9-11-20(12-10-18)29-15-21-7-5-13-28-21/h3-4,6,8-12,16-17,21H,5,7,13-15H2,1-2H3/t16-,17-,21-/m0/s1. The maximum absolute atomic E-state index is 13.0. The second-order valence-electron chi connectivity index (χ2n) is 7.91. The van der Waals surface area contributed by atoms with Crippen molar-refractivity contribution in [2.24, 2.45) is 0 Å². The molecule has 0 unspecified atom stereocenters. The van der Waals surface area contributed by atoms with E-state index in [1.54, 1.807) is 36.1 Å². The van der Waals surface area contributed by atoms with E-state index in [1.807, 2.05) is 31.2 Å². The van der Waals surface area contributed by atoms with Crippen LogP contribution in [-0.4, -0.2) is 43.3 Å². The Morgan fingerprint density at radius 2 is 1.93 bits per heavy atom. The molecule has 158 valence electrons. The normalized spacial score (nSPS) is 21.2. The first-order valence-electron chi connectivity index (χ1n) is 10.5. The van der Waals surface area contributed by atoms with Gasteiger partial charge in [-0.15, -0.1) is 0 Å². The lowest BCUT2D eigenvalue weighted by atomic mass is 10.1. The van der Waals surface area contributed by atoms with Crippen LogP contribution in [0.4, 0.5) is 5.69 Å². The minimum Gasteiger partial charge on any atom is -0.491 e. The van der Waals surface area contributed by atoms with Crippen molar-refractivity contribution in [1.82, 2.24) is 0 Å². The number of hydrogen-bond acceptors (Lipinski definition) is 5. The average Bonchev–Trinajstić information content (AvgIpc) is 3.38. The summed E-state index contributed by atoms with van der Waals surface area (Å²) in [6.45, 7) is 4.91. The Bertz CT molecular complexity index is 904. The molecule has 30 heavy (non-hydrogen) atoms. The molecule has 6 heteroatoms. The van der Waals surface area contributed by atoms with E-state index in [4.69, 9.17) is 14.2 Å². The van der Waals surface area contributed by atoms with E-state index in [-0.39, 0.29) is 18.1 Å². The highest BCUT2D eigenvalue weighted by Gasteiger charge is 2.34. The van der Waals surface area contributed by atoms with Crippen molar-refractivity contribution in [3.05, 3.63) is 59.7 Å². The molecule has 2 heterocycles. The Labute approximate surface area is 176 Å². The number of hydrogen-bond donors (Lipinski definition) is 0. The number of amides is 1. The molecule has 0 aliphatic carbocycles. The SMILES string of the molecule is C[C@H](OC(=O)c1ccc(OC[C@@H]2CCCO2)cc1)C(=O)N1c2ccccc2C[C@@H]1C. The lowest BCUT2D eigenvalue weighted by Crippen LogP contribution is -2.43. The lowest BCUT2D eigenvalue weighted by Gasteiger charge is -2.26. The van der Waals surface area contributed by atoms with Crippen LogP contribution in [0.25, 0.3) is 0 Å². The van der Waals surface area contributed by atoms with Crippen LogP contribution < -0.4 is 9.64 Å².